The molecule has 2 atom stereocenters. The van der Waals surface area contributed by atoms with Crippen molar-refractivity contribution in [2.24, 2.45) is 0 Å². The van der Waals surface area contributed by atoms with Crippen molar-refractivity contribution in [2.75, 3.05) is 38.3 Å². The molecule has 1 aromatic rings. The van der Waals surface area contributed by atoms with Crippen LogP contribution in [0.3, 0.4) is 0 Å². The van der Waals surface area contributed by atoms with E-state index in [1.165, 1.54) is 0 Å². The molecule has 4 heteroatoms. The SMILES string of the molecule is COCCN1C(C)CN(c2ccc(C)c(F)c2)CC1C. The van der Waals surface area contributed by atoms with Gasteiger partial charge in [0.15, 0.2) is 0 Å². The number of nitrogens with zero attached hydrogens (tertiary/aromatic N) is 2. The van der Waals surface area contributed by atoms with Crippen LogP contribution in [0.25, 0.3) is 0 Å². The summed E-state index contributed by atoms with van der Waals surface area (Å²) in [5, 5.41) is 0. The van der Waals surface area contributed by atoms with Gasteiger partial charge in [-0.15, -0.1) is 0 Å². The smallest absolute Gasteiger partial charge is 0.128 e. The lowest BCUT2D eigenvalue weighted by atomic mass is 10.1. The largest absolute Gasteiger partial charge is 0.383 e. The Balaban J connectivity index is 2.07. The first-order chi connectivity index (χ1) is 9.52. The first kappa shape index (κ1) is 15.3. The third-order valence-electron chi connectivity index (χ3n) is 4.18. The molecular formula is C16H25FN2O. The summed E-state index contributed by atoms with van der Waals surface area (Å²) in [6.07, 6.45) is 0. The predicted octanol–water partition coefficient (Wildman–Crippen LogP) is 2.68. The van der Waals surface area contributed by atoms with Gasteiger partial charge in [0, 0.05) is 44.5 Å². The van der Waals surface area contributed by atoms with Crippen molar-refractivity contribution >= 4 is 5.69 Å². The molecule has 0 bridgehead atoms. The maximum Gasteiger partial charge on any atom is 0.128 e. The molecule has 1 heterocycles. The lowest BCUT2D eigenvalue weighted by molar-refractivity contribution is 0.0846. The van der Waals surface area contributed by atoms with Crippen molar-refractivity contribution in [3.05, 3.63) is 29.6 Å². The summed E-state index contributed by atoms with van der Waals surface area (Å²) in [5.74, 6) is -0.121. The Hall–Kier alpha value is -1.13. The van der Waals surface area contributed by atoms with Crippen molar-refractivity contribution in [1.82, 2.24) is 4.90 Å². The van der Waals surface area contributed by atoms with Gasteiger partial charge in [-0.1, -0.05) is 6.07 Å². The average molecular weight is 280 g/mol. The minimum Gasteiger partial charge on any atom is -0.383 e. The van der Waals surface area contributed by atoms with Crippen LogP contribution in [0.1, 0.15) is 19.4 Å². The van der Waals surface area contributed by atoms with Gasteiger partial charge in [-0.3, -0.25) is 4.90 Å². The summed E-state index contributed by atoms with van der Waals surface area (Å²) in [6, 6.07) is 6.41. The Labute approximate surface area is 121 Å². The molecular weight excluding hydrogens is 255 g/mol. The third-order valence-corrected chi connectivity index (χ3v) is 4.18. The Bertz CT molecular complexity index is 440. The highest BCUT2D eigenvalue weighted by atomic mass is 19.1. The van der Waals surface area contributed by atoms with Gasteiger partial charge < -0.3 is 9.64 Å². The molecule has 0 spiro atoms. The van der Waals surface area contributed by atoms with Gasteiger partial charge in [-0.25, -0.2) is 4.39 Å². The summed E-state index contributed by atoms with van der Waals surface area (Å²) in [7, 11) is 1.74. The molecule has 0 saturated carbocycles. The minimum atomic E-state index is -0.121. The molecule has 0 aromatic heterocycles. The zero-order chi connectivity index (χ0) is 14.7. The normalized spacial score (nSPS) is 24.1. The van der Waals surface area contributed by atoms with Gasteiger partial charge in [0.2, 0.25) is 0 Å². The van der Waals surface area contributed by atoms with Crippen molar-refractivity contribution in [1.29, 1.82) is 0 Å². The van der Waals surface area contributed by atoms with E-state index in [0.717, 1.165) is 31.9 Å². The highest BCUT2D eigenvalue weighted by molar-refractivity contribution is 5.49. The summed E-state index contributed by atoms with van der Waals surface area (Å²) < 4.78 is 18.9. The van der Waals surface area contributed by atoms with E-state index < -0.39 is 0 Å². The van der Waals surface area contributed by atoms with E-state index in [1.54, 1.807) is 20.1 Å². The summed E-state index contributed by atoms with van der Waals surface area (Å²) >= 11 is 0. The molecule has 0 amide bonds. The van der Waals surface area contributed by atoms with E-state index in [2.05, 4.69) is 23.6 Å². The number of ether oxygens (including phenoxy) is 1. The summed E-state index contributed by atoms with van der Waals surface area (Å²) in [5.41, 5.74) is 1.69. The standard InChI is InChI=1S/C16H25FN2O/c1-12-5-6-15(9-16(12)17)18-10-13(2)19(7-8-20-4)14(3)11-18/h5-6,9,13-14H,7-8,10-11H2,1-4H3. The third kappa shape index (κ3) is 3.30. The second-order valence-electron chi connectivity index (χ2n) is 5.77. The second-order valence-corrected chi connectivity index (χ2v) is 5.77. The minimum absolute atomic E-state index is 0.121. The highest BCUT2D eigenvalue weighted by Crippen LogP contribution is 2.24. The average Bonchev–Trinajstić information content (AvgIpc) is 2.41. The first-order valence-corrected chi connectivity index (χ1v) is 7.28. The summed E-state index contributed by atoms with van der Waals surface area (Å²) in [6.45, 7) is 9.81. The zero-order valence-electron chi connectivity index (χ0n) is 12.9. The molecule has 1 fully saturated rings. The van der Waals surface area contributed by atoms with Crippen molar-refractivity contribution < 1.29 is 9.13 Å². The van der Waals surface area contributed by atoms with Gasteiger partial charge in [0.05, 0.1) is 6.61 Å². The van der Waals surface area contributed by atoms with Crippen LogP contribution in [-0.2, 0) is 4.74 Å². The zero-order valence-corrected chi connectivity index (χ0v) is 12.9. The molecule has 112 valence electrons. The summed E-state index contributed by atoms with van der Waals surface area (Å²) in [4.78, 5) is 4.74. The second kappa shape index (κ2) is 6.55. The maximum absolute atomic E-state index is 13.7. The molecule has 0 N–H and O–H groups in total. The molecule has 2 rings (SSSR count). The van der Waals surface area contributed by atoms with Crippen LogP contribution in [0.2, 0.25) is 0 Å². The highest BCUT2D eigenvalue weighted by Gasteiger charge is 2.29. The van der Waals surface area contributed by atoms with Gasteiger partial charge in [-0.2, -0.15) is 0 Å². The van der Waals surface area contributed by atoms with Crippen molar-refractivity contribution in [3.63, 3.8) is 0 Å². The Morgan fingerprint density at radius 1 is 1.25 bits per heavy atom. The molecule has 1 aliphatic heterocycles. The van der Waals surface area contributed by atoms with E-state index >= 15 is 0 Å². The van der Waals surface area contributed by atoms with Gasteiger partial charge in [-0.05, 0) is 38.5 Å². The van der Waals surface area contributed by atoms with Gasteiger partial charge in [0.1, 0.15) is 5.82 Å². The number of anilines is 1. The Morgan fingerprint density at radius 3 is 2.45 bits per heavy atom. The van der Waals surface area contributed by atoms with Gasteiger partial charge in [0.25, 0.3) is 0 Å². The molecule has 3 nitrogen and oxygen atoms in total. The fourth-order valence-corrected chi connectivity index (χ4v) is 2.98. The number of hydrogen-bond acceptors (Lipinski definition) is 3. The number of methoxy groups -OCH3 is 1. The number of rotatable bonds is 4. The van der Waals surface area contributed by atoms with Crippen LogP contribution in [0.5, 0.6) is 0 Å². The van der Waals surface area contributed by atoms with E-state index in [1.807, 2.05) is 12.1 Å². The lowest BCUT2D eigenvalue weighted by Gasteiger charge is -2.45. The van der Waals surface area contributed by atoms with Crippen molar-refractivity contribution in [2.45, 2.75) is 32.9 Å². The molecule has 2 unspecified atom stereocenters. The predicted molar refractivity (Wildman–Crippen MR) is 80.9 cm³/mol. The monoisotopic (exact) mass is 280 g/mol. The van der Waals surface area contributed by atoms with Crippen LogP contribution in [0.4, 0.5) is 10.1 Å². The quantitative estimate of drug-likeness (QED) is 0.843. The molecule has 1 aliphatic rings. The van der Waals surface area contributed by atoms with E-state index in [9.17, 15) is 4.39 Å². The molecule has 1 saturated heterocycles. The fourth-order valence-electron chi connectivity index (χ4n) is 2.98. The molecule has 0 radical (unpaired) electrons. The Kier molecular flexibility index (Phi) is 5.00. The Morgan fingerprint density at radius 2 is 1.90 bits per heavy atom. The molecule has 0 aliphatic carbocycles. The topological polar surface area (TPSA) is 15.7 Å². The number of hydrogen-bond donors (Lipinski definition) is 0. The van der Waals surface area contributed by atoms with E-state index in [0.29, 0.717) is 17.6 Å². The number of benzene rings is 1. The van der Waals surface area contributed by atoms with Gasteiger partial charge >= 0.3 is 0 Å². The number of piperazine rings is 1. The van der Waals surface area contributed by atoms with E-state index in [4.69, 9.17) is 4.74 Å². The van der Waals surface area contributed by atoms with Crippen LogP contribution in [0.15, 0.2) is 18.2 Å². The fraction of sp³-hybridized carbons (Fsp3) is 0.625. The van der Waals surface area contributed by atoms with Crippen LogP contribution in [-0.4, -0.2) is 50.3 Å². The molecule has 20 heavy (non-hydrogen) atoms. The van der Waals surface area contributed by atoms with E-state index in [-0.39, 0.29) is 5.82 Å². The van der Waals surface area contributed by atoms with Crippen LogP contribution < -0.4 is 4.90 Å². The first-order valence-electron chi connectivity index (χ1n) is 7.28. The number of aryl methyl sites for hydroxylation is 1. The van der Waals surface area contributed by atoms with Crippen LogP contribution in [0, 0.1) is 12.7 Å². The molecule has 1 aromatic carbocycles. The van der Waals surface area contributed by atoms with Crippen molar-refractivity contribution in [3.8, 4) is 0 Å². The lowest BCUT2D eigenvalue weighted by Crippen LogP contribution is -2.57. The maximum atomic E-state index is 13.7. The number of halogens is 1. The van der Waals surface area contributed by atoms with Crippen LogP contribution >= 0.6 is 0 Å².